The molecule has 0 aliphatic carbocycles. The van der Waals surface area contributed by atoms with Gasteiger partial charge in [-0.25, -0.2) is 0 Å². The minimum absolute atomic E-state index is 0.0242. The first-order valence-corrected chi connectivity index (χ1v) is 10.8. The zero-order valence-corrected chi connectivity index (χ0v) is 19.0. The highest BCUT2D eigenvalue weighted by atomic mass is 16.5. The number of benzene rings is 2. The second kappa shape index (κ2) is 9.41. The SMILES string of the molecule is CC(C)CCN1C(=O)C(C)(C)COc2ccc(NC(=O)C(C)Oc3ccccc3)cc21. The predicted molar refractivity (Wildman–Crippen MR) is 123 cm³/mol. The molecule has 0 saturated carbocycles. The lowest BCUT2D eigenvalue weighted by molar-refractivity contribution is -0.127. The Hall–Kier alpha value is -3.02. The van der Waals surface area contributed by atoms with Gasteiger partial charge in [0, 0.05) is 12.2 Å². The maximum absolute atomic E-state index is 13.2. The molecule has 0 aromatic heterocycles. The van der Waals surface area contributed by atoms with Gasteiger partial charge in [-0.05, 0) is 63.4 Å². The van der Waals surface area contributed by atoms with Gasteiger partial charge in [0.15, 0.2) is 6.10 Å². The average Bonchev–Trinajstić information content (AvgIpc) is 2.82. The molecule has 1 aliphatic heterocycles. The fourth-order valence-corrected chi connectivity index (χ4v) is 3.33. The van der Waals surface area contributed by atoms with Crippen molar-refractivity contribution in [2.45, 2.75) is 47.1 Å². The van der Waals surface area contributed by atoms with Gasteiger partial charge in [-0.15, -0.1) is 0 Å². The standard InChI is InChI=1S/C25H32N2O4/c1-17(2)13-14-27-21-15-19(11-12-22(21)30-16-25(4,5)24(27)29)26-23(28)18(3)31-20-9-7-6-8-10-20/h6-12,15,17-18H,13-14,16H2,1-5H3,(H,26,28). The maximum atomic E-state index is 13.2. The number of ether oxygens (including phenoxy) is 2. The Bertz CT molecular complexity index is 924. The third-order valence-corrected chi connectivity index (χ3v) is 5.29. The maximum Gasteiger partial charge on any atom is 0.265 e. The van der Waals surface area contributed by atoms with E-state index in [-0.39, 0.29) is 11.8 Å². The monoisotopic (exact) mass is 424 g/mol. The van der Waals surface area contributed by atoms with E-state index in [1.165, 1.54) is 0 Å². The zero-order chi connectivity index (χ0) is 22.6. The quantitative estimate of drug-likeness (QED) is 0.687. The molecule has 0 fully saturated rings. The van der Waals surface area contributed by atoms with E-state index in [4.69, 9.17) is 9.47 Å². The molecule has 0 radical (unpaired) electrons. The molecule has 6 nitrogen and oxygen atoms in total. The van der Waals surface area contributed by atoms with Gasteiger partial charge in [-0.3, -0.25) is 9.59 Å². The summed E-state index contributed by atoms with van der Waals surface area (Å²) < 4.78 is 11.7. The van der Waals surface area contributed by atoms with Crippen LogP contribution in [0.15, 0.2) is 48.5 Å². The normalized spacial score (nSPS) is 16.2. The number of para-hydroxylation sites is 1. The molecular formula is C25H32N2O4. The van der Waals surface area contributed by atoms with Gasteiger partial charge in [0.1, 0.15) is 18.1 Å². The summed E-state index contributed by atoms with van der Waals surface area (Å²) in [7, 11) is 0. The smallest absolute Gasteiger partial charge is 0.265 e. The summed E-state index contributed by atoms with van der Waals surface area (Å²) in [5.74, 6) is 1.50. The zero-order valence-electron chi connectivity index (χ0n) is 19.0. The first-order chi connectivity index (χ1) is 14.7. The van der Waals surface area contributed by atoms with Crippen molar-refractivity contribution in [1.82, 2.24) is 0 Å². The summed E-state index contributed by atoms with van der Waals surface area (Å²) in [4.78, 5) is 27.7. The van der Waals surface area contributed by atoms with Crippen LogP contribution in [0, 0.1) is 11.3 Å². The molecule has 1 heterocycles. The van der Waals surface area contributed by atoms with Crippen molar-refractivity contribution in [3.63, 3.8) is 0 Å². The number of nitrogens with one attached hydrogen (secondary N) is 1. The molecule has 0 bridgehead atoms. The summed E-state index contributed by atoms with van der Waals surface area (Å²) in [6.07, 6.45) is 0.204. The van der Waals surface area contributed by atoms with Gasteiger partial charge >= 0.3 is 0 Å². The van der Waals surface area contributed by atoms with Gasteiger partial charge in [-0.2, -0.15) is 0 Å². The Kier molecular flexibility index (Phi) is 6.88. The first kappa shape index (κ1) is 22.7. The molecule has 31 heavy (non-hydrogen) atoms. The van der Waals surface area contributed by atoms with Crippen LogP contribution in [-0.2, 0) is 9.59 Å². The molecule has 2 aromatic carbocycles. The average molecular weight is 425 g/mol. The number of amides is 2. The second-order valence-electron chi connectivity index (χ2n) is 9.06. The van der Waals surface area contributed by atoms with E-state index in [1.54, 1.807) is 17.9 Å². The molecule has 2 aromatic rings. The fourth-order valence-electron chi connectivity index (χ4n) is 3.33. The van der Waals surface area contributed by atoms with E-state index in [1.807, 2.05) is 56.3 Å². The number of nitrogens with zero attached hydrogens (tertiary/aromatic N) is 1. The van der Waals surface area contributed by atoms with E-state index in [0.29, 0.717) is 41.9 Å². The van der Waals surface area contributed by atoms with Crippen LogP contribution in [0.4, 0.5) is 11.4 Å². The van der Waals surface area contributed by atoms with Crippen LogP contribution in [0.5, 0.6) is 11.5 Å². The summed E-state index contributed by atoms with van der Waals surface area (Å²) in [5.41, 5.74) is 0.654. The first-order valence-electron chi connectivity index (χ1n) is 10.8. The molecule has 6 heteroatoms. The minimum atomic E-state index is -0.671. The van der Waals surface area contributed by atoms with Crippen molar-refractivity contribution in [1.29, 1.82) is 0 Å². The third kappa shape index (κ3) is 5.57. The third-order valence-electron chi connectivity index (χ3n) is 5.29. The molecule has 166 valence electrons. The molecule has 1 atom stereocenters. The van der Waals surface area contributed by atoms with Crippen LogP contribution in [0.2, 0.25) is 0 Å². The van der Waals surface area contributed by atoms with Crippen molar-refractivity contribution in [2.75, 3.05) is 23.4 Å². The number of hydrogen-bond donors (Lipinski definition) is 1. The van der Waals surface area contributed by atoms with Crippen LogP contribution in [0.25, 0.3) is 0 Å². The van der Waals surface area contributed by atoms with E-state index >= 15 is 0 Å². The van der Waals surface area contributed by atoms with E-state index < -0.39 is 11.5 Å². The molecule has 1 N–H and O–H groups in total. The van der Waals surface area contributed by atoms with Crippen molar-refractivity contribution in [3.8, 4) is 11.5 Å². The number of rotatable bonds is 7. The number of carbonyl (C=O) groups is 2. The van der Waals surface area contributed by atoms with Gasteiger partial charge in [0.05, 0.1) is 11.1 Å². The summed E-state index contributed by atoms with van der Waals surface area (Å²) in [5, 5.41) is 2.90. The highest BCUT2D eigenvalue weighted by molar-refractivity contribution is 6.01. The Morgan fingerprint density at radius 2 is 1.87 bits per heavy atom. The molecule has 3 rings (SSSR count). The van der Waals surface area contributed by atoms with Crippen molar-refractivity contribution in [3.05, 3.63) is 48.5 Å². The van der Waals surface area contributed by atoms with Crippen molar-refractivity contribution >= 4 is 23.2 Å². The molecular weight excluding hydrogens is 392 g/mol. The van der Waals surface area contributed by atoms with Gasteiger partial charge in [0.25, 0.3) is 5.91 Å². The highest BCUT2D eigenvalue weighted by Gasteiger charge is 2.37. The predicted octanol–water partition coefficient (Wildman–Crippen LogP) is 4.89. The Labute approximate surface area is 184 Å². The van der Waals surface area contributed by atoms with Crippen LogP contribution in [0.1, 0.15) is 41.0 Å². The van der Waals surface area contributed by atoms with Gasteiger partial charge < -0.3 is 19.7 Å². The largest absolute Gasteiger partial charge is 0.490 e. The van der Waals surface area contributed by atoms with E-state index in [2.05, 4.69) is 19.2 Å². The molecule has 1 aliphatic rings. The highest BCUT2D eigenvalue weighted by Crippen LogP contribution is 2.38. The summed E-state index contributed by atoms with van der Waals surface area (Å²) in [6.45, 7) is 10.7. The van der Waals surface area contributed by atoms with Crippen molar-refractivity contribution in [2.24, 2.45) is 11.3 Å². The number of hydrogen-bond acceptors (Lipinski definition) is 4. The van der Waals surface area contributed by atoms with Gasteiger partial charge in [-0.1, -0.05) is 32.0 Å². The lowest BCUT2D eigenvalue weighted by Crippen LogP contribution is -2.43. The summed E-state index contributed by atoms with van der Waals surface area (Å²) in [6, 6.07) is 14.6. The Morgan fingerprint density at radius 1 is 1.16 bits per heavy atom. The second-order valence-corrected chi connectivity index (χ2v) is 9.06. The van der Waals surface area contributed by atoms with Crippen LogP contribution >= 0.6 is 0 Å². The lowest BCUT2D eigenvalue weighted by atomic mass is 9.92. The van der Waals surface area contributed by atoms with E-state index in [9.17, 15) is 9.59 Å². The fraction of sp³-hybridized carbons (Fsp3) is 0.440. The Morgan fingerprint density at radius 3 is 2.55 bits per heavy atom. The summed E-state index contributed by atoms with van der Waals surface area (Å²) >= 11 is 0. The minimum Gasteiger partial charge on any atom is -0.490 e. The topological polar surface area (TPSA) is 67.9 Å². The Balaban J connectivity index is 1.81. The molecule has 0 spiro atoms. The van der Waals surface area contributed by atoms with Crippen LogP contribution < -0.4 is 19.7 Å². The lowest BCUT2D eigenvalue weighted by Gasteiger charge is -2.29. The van der Waals surface area contributed by atoms with E-state index in [0.717, 1.165) is 6.42 Å². The van der Waals surface area contributed by atoms with Crippen LogP contribution in [0.3, 0.4) is 0 Å². The molecule has 2 amide bonds. The van der Waals surface area contributed by atoms with Gasteiger partial charge in [0.2, 0.25) is 5.91 Å². The number of carbonyl (C=O) groups excluding carboxylic acids is 2. The number of fused-ring (bicyclic) bond motifs is 1. The number of anilines is 2. The van der Waals surface area contributed by atoms with Crippen molar-refractivity contribution < 1.29 is 19.1 Å². The van der Waals surface area contributed by atoms with Crippen LogP contribution in [-0.4, -0.2) is 31.1 Å². The molecule has 0 saturated heterocycles. The molecule has 1 unspecified atom stereocenters.